The van der Waals surface area contributed by atoms with Crippen molar-refractivity contribution >= 4 is 11.3 Å². The fourth-order valence-corrected chi connectivity index (χ4v) is 2.81. The number of imidazole rings is 1. The van der Waals surface area contributed by atoms with E-state index in [4.69, 9.17) is 4.74 Å². The van der Waals surface area contributed by atoms with Crippen LogP contribution in [0.4, 0.5) is 0 Å². The lowest BCUT2D eigenvalue weighted by Crippen LogP contribution is -2.15. The zero-order valence-corrected chi connectivity index (χ0v) is 8.38. The van der Waals surface area contributed by atoms with Gasteiger partial charge in [0.25, 0.3) is 0 Å². The summed E-state index contributed by atoms with van der Waals surface area (Å²) in [6.45, 7) is 0.799. The molecule has 0 bridgehead atoms. The molecule has 1 aliphatic rings. The normalized spacial score (nSPS) is 20.7. The van der Waals surface area contributed by atoms with Gasteiger partial charge >= 0.3 is 0 Å². The van der Waals surface area contributed by atoms with Crippen LogP contribution in [-0.2, 0) is 11.2 Å². The van der Waals surface area contributed by atoms with Crippen molar-refractivity contribution < 1.29 is 4.74 Å². The summed E-state index contributed by atoms with van der Waals surface area (Å²) in [5, 5.41) is 2.13. The number of nitrogens with zero attached hydrogens (tertiary/aromatic N) is 1. The summed E-state index contributed by atoms with van der Waals surface area (Å²) < 4.78 is 5.75. The van der Waals surface area contributed by atoms with E-state index in [1.807, 2.05) is 6.20 Å². The van der Waals surface area contributed by atoms with Crippen LogP contribution in [0.1, 0.15) is 22.2 Å². The maximum absolute atomic E-state index is 5.75. The van der Waals surface area contributed by atoms with Gasteiger partial charge in [-0.25, -0.2) is 4.98 Å². The second-order valence-corrected chi connectivity index (χ2v) is 4.27. The van der Waals surface area contributed by atoms with Crippen LogP contribution in [0.5, 0.6) is 0 Å². The Labute approximate surface area is 85.8 Å². The van der Waals surface area contributed by atoms with E-state index in [9.17, 15) is 0 Å². The molecular formula is C10H10N2OS. The van der Waals surface area contributed by atoms with Crippen molar-refractivity contribution in [3.63, 3.8) is 0 Å². The number of ether oxygens (including phenoxy) is 1. The Morgan fingerprint density at radius 2 is 2.57 bits per heavy atom. The Hall–Kier alpha value is -1.13. The molecule has 72 valence electrons. The monoisotopic (exact) mass is 206 g/mol. The second-order valence-electron chi connectivity index (χ2n) is 3.32. The molecule has 0 radical (unpaired) electrons. The molecule has 1 aliphatic heterocycles. The van der Waals surface area contributed by atoms with Gasteiger partial charge in [0.1, 0.15) is 6.10 Å². The van der Waals surface area contributed by atoms with E-state index < -0.39 is 0 Å². The molecule has 0 amide bonds. The van der Waals surface area contributed by atoms with Crippen LogP contribution in [-0.4, -0.2) is 16.6 Å². The number of H-pyrrole nitrogens is 1. The van der Waals surface area contributed by atoms with E-state index in [0.717, 1.165) is 18.7 Å². The van der Waals surface area contributed by atoms with Crippen molar-refractivity contribution in [1.29, 1.82) is 0 Å². The summed E-state index contributed by atoms with van der Waals surface area (Å²) in [5.41, 5.74) is 2.47. The average molecular weight is 206 g/mol. The quantitative estimate of drug-likeness (QED) is 0.776. The highest BCUT2D eigenvalue weighted by atomic mass is 32.1. The summed E-state index contributed by atoms with van der Waals surface area (Å²) in [6.07, 6.45) is 4.63. The number of hydrogen-bond donors (Lipinski definition) is 1. The standard InChI is InChI=1S/C10H10N2OS/c1-3-13-9(8-5-11-6-12-8)10-7(1)2-4-14-10/h2,4-6,9H,1,3H2,(H,11,12). The Morgan fingerprint density at radius 1 is 1.57 bits per heavy atom. The fraction of sp³-hybridized carbons (Fsp3) is 0.300. The van der Waals surface area contributed by atoms with Gasteiger partial charge in [-0.1, -0.05) is 0 Å². The summed E-state index contributed by atoms with van der Waals surface area (Å²) >= 11 is 1.76. The minimum absolute atomic E-state index is 0.0706. The van der Waals surface area contributed by atoms with Gasteiger partial charge < -0.3 is 9.72 Å². The van der Waals surface area contributed by atoms with E-state index in [1.54, 1.807) is 17.7 Å². The molecule has 1 atom stereocenters. The smallest absolute Gasteiger partial charge is 0.133 e. The van der Waals surface area contributed by atoms with Crippen LogP contribution in [0, 0.1) is 0 Å². The van der Waals surface area contributed by atoms with Crippen LogP contribution >= 0.6 is 11.3 Å². The first-order chi connectivity index (χ1) is 6.95. The van der Waals surface area contributed by atoms with E-state index in [0.29, 0.717) is 0 Å². The molecule has 0 aliphatic carbocycles. The molecule has 0 fully saturated rings. The summed E-state index contributed by atoms with van der Waals surface area (Å²) in [6, 6.07) is 2.19. The third-order valence-corrected chi connectivity index (χ3v) is 3.48. The summed E-state index contributed by atoms with van der Waals surface area (Å²) in [4.78, 5) is 8.45. The predicted octanol–water partition coefficient (Wildman–Crippen LogP) is 2.13. The molecule has 3 rings (SSSR count). The zero-order valence-electron chi connectivity index (χ0n) is 7.56. The number of nitrogens with one attached hydrogen (secondary N) is 1. The van der Waals surface area contributed by atoms with Gasteiger partial charge in [-0.2, -0.15) is 0 Å². The molecule has 2 aromatic rings. The van der Waals surface area contributed by atoms with E-state index in [1.165, 1.54) is 10.4 Å². The van der Waals surface area contributed by atoms with Crippen LogP contribution in [0.2, 0.25) is 0 Å². The molecule has 14 heavy (non-hydrogen) atoms. The topological polar surface area (TPSA) is 37.9 Å². The lowest BCUT2D eigenvalue weighted by Gasteiger charge is -2.21. The van der Waals surface area contributed by atoms with Gasteiger partial charge in [0.15, 0.2) is 0 Å². The van der Waals surface area contributed by atoms with E-state index in [2.05, 4.69) is 21.4 Å². The maximum Gasteiger partial charge on any atom is 0.133 e. The summed E-state index contributed by atoms with van der Waals surface area (Å²) in [7, 11) is 0. The lowest BCUT2D eigenvalue weighted by atomic mass is 10.1. The number of rotatable bonds is 1. The van der Waals surface area contributed by atoms with E-state index >= 15 is 0 Å². The SMILES string of the molecule is c1ncc(C2OCCc3ccsc32)[nH]1. The second kappa shape index (κ2) is 3.22. The minimum Gasteiger partial charge on any atom is -0.366 e. The molecule has 1 unspecified atom stereocenters. The van der Waals surface area contributed by atoms with Crippen molar-refractivity contribution in [1.82, 2.24) is 9.97 Å². The predicted molar refractivity (Wildman–Crippen MR) is 54.4 cm³/mol. The average Bonchev–Trinajstić information content (AvgIpc) is 2.88. The number of fused-ring (bicyclic) bond motifs is 1. The molecule has 1 N–H and O–H groups in total. The molecule has 0 saturated carbocycles. The molecule has 3 heterocycles. The van der Waals surface area contributed by atoms with Crippen molar-refractivity contribution in [2.75, 3.05) is 6.61 Å². The van der Waals surface area contributed by atoms with Gasteiger partial charge in [0.05, 0.1) is 24.8 Å². The largest absolute Gasteiger partial charge is 0.366 e. The Balaban J connectivity index is 2.04. The van der Waals surface area contributed by atoms with Gasteiger partial charge in [0, 0.05) is 4.88 Å². The molecule has 0 aromatic carbocycles. The van der Waals surface area contributed by atoms with Crippen molar-refractivity contribution in [3.8, 4) is 0 Å². The summed E-state index contributed by atoms with van der Waals surface area (Å²) in [5.74, 6) is 0. The third-order valence-electron chi connectivity index (χ3n) is 2.48. The lowest BCUT2D eigenvalue weighted by molar-refractivity contribution is 0.0704. The van der Waals surface area contributed by atoms with Crippen LogP contribution in [0.25, 0.3) is 0 Å². The molecule has 3 nitrogen and oxygen atoms in total. The highest BCUT2D eigenvalue weighted by Crippen LogP contribution is 2.35. The first-order valence-electron chi connectivity index (χ1n) is 4.61. The first-order valence-corrected chi connectivity index (χ1v) is 5.49. The van der Waals surface area contributed by atoms with Crippen molar-refractivity contribution in [2.24, 2.45) is 0 Å². The van der Waals surface area contributed by atoms with Gasteiger partial charge in [-0.3, -0.25) is 0 Å². The maximum atomic E-state index is 5.75. The zero-order chi connectivity index (χ0) is 9.38. The van der Waals surface area contributed by atoms with Crippen molar-refractivity contribution in [2.45, 2.75) is 12.5 Å². The minimum atomic E-state index is 0.0706. The fourth-order valence-electron chi connectivity index (χ4n) is 1.79. The highest BCUT2D eigenvalue weighted by Gasteiger charge is 2.24. The van der Waals surface area contributed by atoms with Crippen LogP contribution < -0.4 is 0 Å². The van der Waals surface area contributed by atoms with Gasteiger partial charge in [0.2, 0.25) is 0 Å². The van der Waals surface area contributed by atoms with Gasteiger partial charge in [-0.15, -0.1) is 11.3 Å². The number of hydrogen-bond acceptors (Lipinski definition) is 3. The van der Waals surface area contributed by atoms with Crippen molar-refractivity contribution in [3.05, 3.63) is 40.1 Å². The number of aromatic amines is 1. The van der Waals surface area contributed by atoms with E-state index in [-0.39, 0.29) is 6.10 Å². The first kappa shape index (κ1) is 8.20. The Kier molecular flexibility index (Phi) is 1.89. The molecule has 4 heteroatoms. The molecular weight excluding hydrogens is 196 g/mol. The molecule has 0 spiro atoms. The number of thiophene rings is 1. The molecule has 0 saturated heterocycles. The van der Waals surface area contributed by atoms with Gasteiger partial charge in [-0.05, 0) is 23.4 Å². The van der Waals surface area contributed by atoms with Crippen LogP contribution in [0.3, 0.4) is 0 Å². The van der Waals surface area contributed by atoms with Crippen LogP contribution in [0.15, 0.2) is 24.0 Å². The molecule has 2 aromatic heterocycles. The third kappa shape index (κ3) is 1.19. The Bertz CT molecular complexity index is 421. The number of aromatic nitrogens is 2. The Morgan fingerprint density at radius 3 is 3.43 bits per heavy atom. The highest BCUT2D eigenvalue weighted by molar-refractivity contribution is 7.10.